The number of carbonyl (C=O) groups is 1. The van der Waals surface area contributed by atoms with Gasteiger partial charge in [0.05, 0.1) is 6.10 Å². The summed E-state index contributed by atoms with van der Waals surface area (Å²) in [6, 6.07) is 18.3. The zero-order valence-electron chi connectivity index (χ0n) is 13.0. The standard InChI is InChI=1S/C19H23NO2/c1-15(21)20-14-6-5-9-19(22)18-12-10-17(11-13-18)16-7-3-2-4-8-16/h2-4,7-8,10-13,19,22H,5-6,9,14H2,1H3,(H,20,21). The van der Waals surface area contributed by atoms with Crippen molar-refractivity contribution < 1.29 is 9.90 Å². The van der Waals surface area contributed by atoms with Crippen LogP contribution in [0, 0.1) is 0 Å². The molecule has 1 amide bonds. The molecule has 0 bridgehead atoms. The minimum Gasteiger partial charge on any atom is -0.388 e. The first-order chi connectivity index (χ1) is 10.7. The highest BCUT2D eigenvalue weighted by Gasteiger charge is 2.07. The van der Waals surface area contributed by atoms with Crippen molar-refractivity contribution in [3.63, 3.8) is 0 Å². The number of aliphatic hydroxyl groups is 1. The van der Waals surface area contributed by atoms with Gasteiger partial charge in [-0.05, 0) is 36.0 Å². The maximum atomic E-state index is 10.8. The summed E-state index contributed by atoms with van der Waals surface area (Å²) < 4.78 is 0. The van der Waals surface area contributed by atoms with Gasteiger partial charge in [-0.2, -0.15) is 0 Å². The van der Waals surface area contributed by atoms with Gasteiger partial charge < -0.3 is 10.4 Å². The van der Waals surface area contributed by atoms with Crippen molar-refractivity contribution in [3.05, 3.63) is 60.2 Å². The number of hydrogen-bond donors (Lipinski definition) is 2. The fourth-order valence-corrected chi connectivity index (χ4v) is 2.42. The lowest BCUT2D eigenvalue weighted by atomic mass is 9.99. The largest absolute Gasteiger partial charge is 0.388 e. The lowest BCUT2D eigenvalue weighted by molar-refractivity contribution is -0.118. The highest BCUT2D eigenvalue weighted by molar-refractivity contribution is 5.72. The Labute approximate surface area is 132 Å². The molecule has 116 valence electrons. The number of unbranched alkanes of at least 4 members (excludes halogenated alkanes) is 1. The van der Waals surface area contributed by atoms with Gasteiger partial charge in [0, 0.05) is 13.5 Å². The van der Waals surface area contributed by atoms with Crippen LogP contribution in [0.1, 0.15) is 37.9 Å². The molecule has 0 aliphatic carbocycles. The molecule has 0 spiro atoms. The van der Waals surface area contributed by atoms with Crippen LogP contribution in [0.5, 0.6) is 0 Å². The molecule has 3 nitrogen and oxygen atoms in total. The van der Waals surface area contributed by atoms with Crippen molar-refractivity contribution in [2.24, 2.45) is 0 Å². The highest BCUT2D eigenvalue weighted by atomic mass is 16.3. The van der Waals surface area contributed by atoms with Crippen molar-refractivity contribution in [1.29, 1.82) is 0 Å². The van der Waals surface area contributed by atoms with Gasteiger partial charge in [-0.1, -0.05) is 54.6 Å². The van der Waals surface area contributed by atoms with Crippen LogP contribution in [-0.4, -0.2) is 17.6 Å². The minimum atomic E-state index is -0.442. The van der Waals surface area contributed by atoms with Crippen molar-refractivity contribution in [2.75, 3.05) is 6.54 Å². The summed E-state index contributed by atoms with van der Waals surface area (Å²) in [6.45, 7) is 2.19. The van der Waals surface area contributed by atoms with Crippen LogP contribution in [0.4, 0.5) is 0 Å². The van der Waals surface area contributed by atoms with Crippen LogP contribution in [0.15, 0.2) is 54.6 Å². The normalized spacial score (nSPS) is 11.9. The molecule has 0 radical (unpaired) electrons. The molecule has 1 atom stereocenters. The van der Waals surface area contributed by atoms with Crippen molar-refractivity contribution in [3.8, 4) is 11.1 Å². The van der Waals surface area contributed by atoms with E-state index in [0.29, 0.717) is 13.0 Å². The van der Waals surface area contributed by atoms with Crippen LogP contribution in [0.3, 0.4) is 0 Å². The Kier molecular flexibility index (Phi) is 6.16. The molecule has 0 aromatic heterocycles. The molecule has 0 heterocycles. The van der Waals surface area contributed by atoms with Gasteiger partial charge in [-0.15, -0.1) is 0 Å². The number of aliphatic hydroxyl groups excluding tert-OH is 1. The van der Waals surface area contributed by atoms with Crippen molar-refractivity contribution in [2.45, 2.75) is 32.3 Å². The van der Waals surface area contributed by atoms with E-state index in [2.05, 4.69) is 17.4 Å². The maximum Gasteiger partial charge on any atom is 0.216 e. The summed E-state index contributed by atoms with van der Waals surface area (Å²) in [5.41, 5.74) is 3.28. The van der Waals surface area contributed by atoms with Gasteiger partial charge >= 0.3 is 0 Å². The molecule has 3 heteroatoms. The van der Waals surface area contributed by atoms with E-state index >= 15 is 0 Å². The molecular weight excluding hydrogens is 274 g/mol. The third-order valence-corrected chi connectivity index (χ3v) is 3.68. The monoisotopic (exact) mass is 297 g/mol. The van der Waals surface area contributed by atoms with E-state index in [0.717, 1.165) is 24.0 Å². The zero-order chi connectivity index (χ0) is 15.8. The molecule has 0 aliphatic rings. The Morgan fingerprint density at radius 1 is 1.00 bits per heavy atom. The molecule has 2 aromatic rings. The van der Waals surface area contributed by atoms with Gasteiger partial charge in [0.15, 0.2) is 0 Å². The first-order valence-electron chi connectivity index (χ1n) is 7.74. The van der Waals surface area contributed by atoms with Gasteiger partial charge in [0.1, 0.15) is 0 Å². The first kappa shape index (κ1) is 16.2. The predicted molar refractivity (Wildman–Crippen MR) is 89.4 cm³/mol. The summed E-state index contributed by atoms with van der Waals surface area (Å²) in [5.74, 6) is -0.00273. The van der Waals surface area contributed by atoms with Crippen LogP contribution >= 0.6 is 0 Å². The number of nitrogens with one attached hydrogen (secondary N) is 1. The Balaban J connectivity index is 1.83. The van der Waals surface area contributed by atoms with E-state index in [9.17, 15) is 9.90 Å². The fourth-order valence-electron chi connectivity index (χ4n) is 2.42. The molecule has 0 saturated heterocycles. The van der Waals surface area contributed by atoms with Crippen LogP contribution in [0.2, 0.25) is 0 Å². The molecule has 1 unspecified atom stereocenters. The molecular formula is C19H23NO2. The van der Waals surface area contributed by atoms with Crippen molar-refractivity contribution >= 4 is 5.91 Å². The molecule has 0 saturated carbocycles. The molecule has 2 rings (SSSR count). The topological polar surface area (TPSA) is 49.3 Å². The van der Waals surface area contributed by atoms with E-state index in [1.807, 2.05) is 42.5 Å². The summed E-state index contributed by atoms with van der Waals surface area (Å²) in [5, 5.41) is 13.0. The SMILES string of the molecule is CC(=O)NCCCCC(O)c1ccc(-c2ccccc2)cc1. The molecule has 2 N–H and O–H groups in total. The lowest BCUT2D eigenvalue weighted by Gasteiger charge is -2.12. The quantitative estimate of drug-likeness (QED) is 0.766. The Morgan fingerprint density at radius 2 is 1.64 bits per heavy atom. The summed E-state index contributed by atoms with van der Waals surface area (Å²) in [7, 11) is 0. The Bertz CT molecular complexity index is 578. The zero-order valence-corrected chi connectivity index (χ0v) is 13.0. The molecule has 2 aromatic carbocycles. The number of amides is 1. The van der Waals surface area contributed by atoms with E-state index in [-0.39, 0.29) is 5.91 Å². The van der Waals surface area contributed by atoms with Crippen molar-refractivity contribution in [1.82, 2.24) is 5.32 Å². The third kappa shape index (κ3) is 5.01. The van der Waals surface area contributed by atoms with Crippen LogP contribution < -0.4 is 5.32 Å². The second-order valence-corrected chi connectivity index (χ2v) is 5.48. The Morgan fingerprint density at radius 3 is 2.27 bits per heavy atom. The number of carbonyl (C=O) groups excluding carboxylic acids is 1. The predicted octanol–water partition coefficient (Wildman–Crippen LogP) is 3.69. The smallest absolute Gasteiger partial charge is 0.216 e. The van der Waals surface area contributed by atoms with Crippen LogP contribution in [0.25, 0.3) is 11.1 Å². The average molecular weight is 297 g/mol. The number of rotatable bonds is 7. The number of benzene rings is 2. The average Bonchev–Trinajstić information content (AvgIpc) is 2.55. The maximum absolute atomic E-state index is 10.8. The van der Waals surface area contributed by atoms with Crippen LogP contribution in [-0.2, 0) is 4.79 Å². The first-order valence-corrected chi connectivity index (χ1v) is 7.74. The van der Waals surface area contributed by atoms with E-state index in [1.165, 1.54) is 12.5 Å². The highest BCUT2D eigenvalue weighted by Crippen LogP contribution is 2.24. The summed E-state index contributed by atoms with van der Waals surface area (Å²) in [6.07, 6.45) is 2.05. The molecule has 0 fully saturated rings. The summed E-state index contributed by atoms with van der Waals surface area (Å²) in [4.78, 5) is 10.8. The van der Waals surface area contributed by atoms with Gasteiger partial charge in [0.25, 0.3) is 0 Å². The van der Waals surface area contributed by atoms with E-state index in [1.54, 1.807) is 0 Å². The fraction of sp³-hybridized carbons (Fsp3) is 0.316. The minimum absolute atomic E-state index is 0.00273. The third-order valence-electron chi connectivity index (χ3n) is 3.68. The van der Waals surface area contributed by atoms with Gasteiger partial charge in [0.2, 0.25) is 5.91 Å². The van der Waals surface area contributed by atoms with Gasteiger partial charge in [-0.25, -0.2) is 0 Å². The summed E-state index contributed by atoms with van der Waals surface area (Å²) >= 11 is 0. The van der Waals surface area contributed by atoms with E-state index in [4.69, 9.17) is 0 Å². The second-order valence-electron chi connectivity index (χ2n) is 5.48. The molecule has 22 heavy (non-hydrogen) atoms. The second kappa shape index (κ2) is 8.35. The van der Waals surface area contributed by atoms with Gasteiger partial charge in [-0.3, -0.25) is 4.79 Å². The molecule has 0 aliphatic heterocycles. The lowest BCUT2D eigenvalue weighted by Crippen LogP contribution is -2.20. The Hall–Kier alpha value is -2.13. The number of hydrogen-bond acceptors (Lipinski definition) is 2. The van der Waals surface area contributed by atoms with E-state index < -0.39 is 6.10 Å².